The van der Waals surface area contributed by atoms with E-state index >= 15 is 0 Å². The Bertz CT molecular complexity index is 685. The number of hydrogen-bond donors (Lipinski definition) is 2. The highest BCUT2D eigenvalue weighted by Crippen LogP contribution is 2.16. The lowest BCUT2D eigenvalue weighted by Gasteiger charge is -2.34. The van der Waals surface area contributed by atoms with E-state index in [9.17, 15) is 13.2 Å². The van der Waals surface area contributed by atoms with Crippen molar-refractivity contribution in [2.75, 3.05) is 32.8 Å². The van der Waals surface area contributed by atoms with Crippen LogP contribution >= 0.6 is 0 Å². The molecule has 1 aromatic carbocycles. The largest absolute Gasteiger partial charge is 0.494 e. The molecule has 8 heteroatoms. The molecule has 1 aliphatic rings. The summed E-state index contributed by atoms with van der Waals surface area (Å²) in [6.07, 6.45) is 2.96. The van der Waals surface area contributed by atoms with Gasteiger partial charge in [0.1, 0.15) is 5.75 Å². The van der Waals surface area contributed by atoms with Gasteiger partial charge in [0.15, 0.2) is 0 Å². The van der Waals surface area contributed by atoms with Gasteiger partial charge in [-0.25, -0.2) is 13.1 Å². The van der Waals surface area contributed by atoms with E-state index in [4.69, 9.17) is 4.74 Å². The third-order valence-electron chi connectivity index (χ3n) is 4.61. The molecule has 0 aliphatic carbocycles. The first-order valence-corrected chi connectivity index (χ1v) is 11.2. The first kappa shape index (κ1) is 21.7. The second kappa shape index (κ2) is 10.6. The first-order valence-electron chi connectivity index (χ1n) is 9.70. The maximum atomic E-state index is 12.6. The molecular formula is C19H31N3O4S. The monoisotopic (exact) mass is 397 g/mol. The Morgan fingerprint density at radius 3 is 2.48 bits per heavy atom. The molecule has 1 amide bonds. The van der Waals surface area contributed by atoms with Gasteiger partial charge in [0.2, 0.25) is 15.9 Å². The smallest absolute Gasteiger partial charge is 0.240 e. The molecule has 1 aromatic rings. The van der Waals surface area contributed by atoms with Gasteiger partial charge in [-0.2, -0.15) is 0 Å². The second-order valence-corrected chi connectivity index (χ2v) is 8.39. The zero-order chi connectivity index (χ0) is 19.7. The lowest BCUT2D eigenvalue weighted by Crippen LogP contribution is -2.47. The number of carbonyl (C=O) groups excluding carboxylic acids is 1. The molecule has 0 atom stereocenters. The minimum absolute atomic E-state index is 0.0122. The summed E-state index contributed by atoms with van der Waals surface area (Å²) in [6, 6.07) is 6.52. The van der Waals surface area contributed by atoms with E-state index in [1.54, 1.807) is 12.1 Å². The van der Waals surface area contributed by atoms with Crippen molar-refractivity contribution in [3.05, 3.63) is 24.3 Å². The van der Waals surface area contributed by atoms with Gasteiger partial charge in [0.25, 0.3) is 0 Å². The van der Waals surface area contributed by atoms with Gasteiger partial charge in [-0.3, -0.25) is 4.79 Å². The maximum Gasteiger partial charge on any atom is 0.240 e. The van der Waals surface area contributed by atoms with E-state index < -0.39 is 10.0 Å². The molecule has 2 rings (SSSR count). The molecule has 0 bridgehead atoms. The van der Waals surface area contributed by atoms with Crippen LogP contribution in [0.4, 0.5) is 0 Å². The molecule has 0 aromatic heterocycles. The van der Waals surface area contributed by atoms with Crippen LogP contribution in [0.1, 0.15) is 39.5 Å². The van der Waals surface area contributed by atoms with Crippen LogP contribution in [0.3, 0.4) is 0 Å². The van der Waals surface area contributed by atoms with Gasteiger partial charge in [-0.05, 0) is 63.5 Å². The number of carbonyl (C=O) groups is 1. The number of nitrogens with zero attached hydrogens (tertiary/aromatic N) is 1. The number of hydrogen-bond acceptors (Lipinski definition) is 5. The van der Waals surface area contributed by atoms with Crippen molar-refractivity contribution in [2.45, 2.75) is 50.5 Å². The molecule has 0 saturated carbocycles. The fourth-order valence-electron chi connectivity index (χ4n) is 3.27. The Kier molecular flexibility index (Phi) is 8.53. The van der Waals surface area contributed by atoms with Crippen LogP contribution in [0.15, 0.2) is 29.2 Å². The zero-order valence-electron chi connectivity index (χ0n) is 16.2. The zero-order valence-corrected chi connectivity index (χ0v) is 17.1. The fourth-order valence-corrected chi connectivity index (χ4v) is 4.30. The van der Waals surface area contributed by atoms with Crippen molar-refractivity contribution in [3.8, 4) is 5.75 Å². The number of ether oxygens (including phenoxy) is 1. The number of benzene rings is 1. The minimum atomic E-state index is -3.64. The highest BCUT2D eigenvalue weighted by Gasteiger charge is 2.24. The summed E-state index contributed by atoms with van der Waals surface area (Å²) in [5.41, 5.74) is 0. The Labute approximate surface area is 162 Å². The molecule has 27 heavy (non-hydrogen) atoms. The molecule has 0 unspecified atom stereocenters. The molecule has 1 fully saturated rings. The van der Waals surface area contributed by atoms with Gasteiger partial charge >= 0.3 is 0 Å². The van der Waals surface area contributed by atoms with E-state index in [0.717, 1.165) is 38.9 Å². The predicted molar refractivity (Wildman–Crippen MR) is 105 cm³/mol. The van der Waals surface area contributed by atoms with Gasteiger partial charge in [0.05, 0.1) is 11.5 Å². The summed E-state index contributed by atoms with van der Waals surface area (Å²) in [5.74, 6) is 0.641. The number of nitrogens with one attached hydrogen (secondary N) is 2. The average Bonchev–Trinajstić information content (AvgIpc) is 2.67. The average molecular weight is 398 g/mol. The SMILES string of the molecule is CCCN(C(=O)CCNS(=O)(=O)c1ccc(OCC)cc1)C1CCNCC1. The first-order chi connectivity index (χ1) is 13.0. The molecule has 1 saturated heterocycles. The Balaban J connectivity index is 1.89. The van der Waals surface area contributed by atoms with Crippen LogP contribution in [-0.2, 0) is 14.8 Å². The minimum Gasteiger partial charge on any atom is -0.494 e. The number of piperidine rings is 1. The fraction of sp³-hybridized carbons (Fsp3) is 0.632. The summed E-state index contributed by atoms with van der Waals surface area (Å²) < 4.78 is 32.6. The topological polar surface area (TPSA) is 87.7 Å². The standard InChI is InChI=1S/C19H31N3O4S/c1-3-15-22(16-9-12-20-13-10-16)19(23)11-14-21-27(24,25)18-7-5-17(6-8-18)26-4-2/h5-8,16,20-21H,3-4,9-15H2,1-2H3. The van der Waals surface area contributed by atoms with Crippen LogP contribution < -0.4 is 14.8 Å². The maximum absolute atomic E-state index is 12.6. The lowest BCUT2D eigenvalue weighted by atomic mass is 10.0. The second-order valence-electron chi connectivity index (χ2n) is 6.62. The Hall–Kier alpha value is -1.64. The van der Waals surface area contributed by atoms with E-state index in [1.807, 2.05) is 11.8 Å². The van der Waals surface area contributed by atoms with Gasteiger partial charge in [-0.15, -0.1) is 0 Å². The quantitative estimate of drug-likeness (QED) is 0.628. The van der Waals surface area contributed by atoms with Gasteiger partial charge in [0, 0.05) is 25.6 Å². The van der Waals surface area contributed by atoms with Crippen molar-refractivity contribution < 1.29 is 17.9 Å². The molecular weight excluding hydrogens is 366 g/mol. The molecule has 2 N–H and O–H groups in total. The van der Waals surface area contributed by atoms with Crippen LogP contribution in [0.2, 0.25) is 0 Å². The highest BCUT2D eigenvalue weighted by molar-refractivity contribution is 7.89. The Morgan fingerprint density at radius 1 is 1.22 bits per heavy atom. The molecule has 1 aliphatic heterocycles. The van der Waals surface area contributed by atoms with Crippen molar-refractivity contribution >= 4 is 15.9 Å². The van der Waals surface area contributed by atoms with E-state index in [0.29, 0.717) is 12.4 Å². The number of sulfonamides is 1. The van der Waals surface area contributed by atoms with E-state index in [-0.39, 0.29) is 29.8 Å². The normalized spacial score (nSPS) is 15.5. The van der Waals surface area contributed by atoms with Crippen LogP contribution in [0.25, 0.3) is 0 Å². The lowest BCUT2D eigenvalue weighted by molar-refractivity contribution is -0.133. The summed E-state index contributed by atoms with van der Waals surface area (Å²) in [5, 5.41) is 3.31. The Morgan fingerprint density at radius 2 is 1.89 bits per heavy atom. The molecule has 152 valence electrons. The predicted octanol–water partition coefficient (Wildman–Crippen LogP) is 1.74. The third-order valence-corrected chi connectivity index (χ3v) is 6.09. The van der Waals surface area contributed by atoms with Crippen molar-refractivity contribution in [3.63, 3.8) is 0 Å². The van der Waals surface area contributed by atoms with Gasteiger partial charge < -0.3 is 15.0 Å². The van der Waals surface area contributed by atoms with Crippen LogP contribution in [0.5, 0.6) is 5.75 Å². The third kappa shape index (κ3) is 6.48. The van der Waals surface area contributed by atoms with Crippen LogP contribution in [-0.4, -0.2) is 58.1 Å². The highest BCUT2D eigenvalue weighted by atomic mass is 32.2. The summed E-state index contributed by atoms with van der Waals surface area (Å²) in [7, 11) is -3.64. The molecule has 1 heterocycles. The van der Waals surface area contributed by atoms with Gasteiger partial charge in [-0.1, -0.05) is 6.92 Å². The number of rotatable bonds is 10. The molecule has 0 radical (unpaired) electrons. The van der Waals surface area contributed by atoms with Crippen molar-refractivity contribution in [2.24, 2.45) is 0 Å². The summed E-state index contributed by atoms with van der Waals surface area (Å²) >= 11 is 0. The van der Waals surface area contributed by atoms with E-state index in [1.165, 1.54) is 12.1 Å². The van der Waals surface area contributed by atoms with Crippen molar-refractivity contribution in [1.82, 2.24) is 14.9 Å². The number of amides is 1. The van der Waals surface area contributed by atoms with Crippen molar-refractivity contribution in [1.29, 1.82) is 0 Å². The van der Waals surface area contributed by atoms with Crippen LogP contribution in [0, 0.1) is 0 Å². The summed E-state index contributed by atoms with van der Waals surface area (Å²) in [6.45, 7) is 7.10. The molecule has 7 nitrogen and oxygen atoms in total. The molecule has 0 spiro atoms. The summed E-state index contributed by atoms with van der Waals surface area (Å²) in [4.78, 5) is 14.7. The van der Waals surface area contributed by atoms with E-state index in [2.05, 4.69) is 17.0 Å².